The topological polar surface area (TPSA) is 38.3 Å². The van der Waals surface area contributed by atoms with E-state index in [4.69, 9.17) is 27.9 Å². The molecule has 0 radical (unpaired) electrons. The molecule has 1 aliphatic rings. The molecule has 0 heterocycles. The van der Waals surface area contributed by atoms with Gasteiger partial charge in [0.15, 0.2) is 0 Å². The molecule has 0 aromatic heterocycles. The normalized spacial score (nSPS) is 22.4. The molecule has 1 aromatic carbocycles. The lowest BCUT2D eigenvalue weighted by molar-refractivity contribution is -0.149. The van der Waals surface area contributed by atoms with Gasteiger partial charge in [-0.15, -0.1) is 0 Å². The molecule has 2 atom stereocenters. The largest absolute Gasteiger partial charge is 0.466 e. The van der Waals surface area contributed by atoms with Crippen LogP contribution < -0.4 is 5.32 Å². The third-order valence-corrected chi connectivity index (χ3v) is 3.96. The quantitative estimate of drug-likeness (QED) is 0.830. The lowest BCUT2D eigenvalue weighted by Gasteiger charge is -2.29. The fourth-order valence-electron chi connectivity index (χ4n) is 2.67. The molecule has 2 rings (SSSR count). The lowest BCUT2D eigenvalue weighted by atomic mass is 9.85. The van der Waals surface area contributed by atoms with Crippen molar-refractivity contribution >= 4 is 34.9 Å². The molecule has 3 nitrogen and oxygen atoms in total. The first-order valence-electron chi connectivity index (χ1n) is 6.97. The number of nitrogens with one attached hydrogen (secondary N) is 1. The lowest BCUT2D eigenvalue weighted by Crippen LogP contribution is -2.32. The van der Waals surface area contributed by atoms with Gasteiger partial charge in [0.25, 0.3) is 0 Å². The Hall–Kier alpha value is -0.930. The van der Waals surface area contributed by atoms with Crippen molar-refractivity contribution in [2.24, 2.45) is 5.92 Å². The number of halogens is 2. The van der Waals surface area contributed by atoms with Gasteiger partial charge in [0, 0.05) is 21.8 Å². The van der Waals surface area contributed by atoms with E-state index in [1.165, 1.54) is 0 Å². The zero-order valence-electron chi connectivity index (χ0n) is 11.5. The third-order valence-electron chi connectivity index (χ3n) is 3.53. The summed E-state index contributed by atoms with van der Waals surface area (Å²) in [5, 5.41) is 4.63. The van der Waals surface area contributed by atoms with Gasteiger partial charge < -0.3 is 10.1 Å². The molecule has 0 bridgehead atoms. The second-order valence-corrected chi connectivity index (χ2v) is 5.99. The Morgan fingerprint density at radius 2 is 2.00 bits per heavy atom. The van der Waals surface area contributed by atoms with E-state index < -0.39 is 0 Å². The number of ether oxygens (including phenoxy) is 1. The number of hydrogen-bond acceptors (Lipinski definition) is 3. The standard InChI is InChI=1S/C15H19Cl2NO2/c1-2-20-15(19)10-4-3-5-13(6-10)18-14-8-11(16)7-12(17)9-14/h7-10,13,18H,2-6H2,1H3. The fraction of sp³-hybridized carbons (Fsp3) is 0.533. The van der Waals surface area contributed by atoms with Crippen LogP contribution in [0.5, 0.6) is 0 Å². The van der Waals surface area contributed by atoms with Crippen LogP contribution in [0.25, 0.3) is 0 Å². The predicted octanol–water partition coefficient (Wildman–Crippen LogP) is 4.53. The van der Waals surface area contributed by atoms with E-state index in [1.807, 2.05) is 19.1 Å². The molecule has 5 heteroatoms. The van der Waals surface area contributed by atoms with Gasteiger partial charge in [0.2, 0.25) is 0 Å². The zero-order chi connectivity index (χ0) is 14.5. The molecule has 1 N–H and O–H groups in total. The molecule has 1 aliphatic carbocycles. The minimum absolute atomic E-state index is 0.00384. The molecule has 2 unspecified atom stereocenters. The molecule has 1 saturated carbocycles. The molecule has 1 aromatic rings. The minimum Gasteiger partial charge on any atom is -0.466 e. The van der Waals surface area contributed by atoms with Gasteiger partial charge in [-0.2, -0.15) is 0 Å². The molecule has 110 valence electrons. The van der Waals surface area contributed by atoms with E-state index in [9.17, 15) is 4.79 Å². The number of carbonyl (C=O) groups is 1. The highest BCUT2D eigenvalue weighted by Gasteiger charge is 2.28. The van der Waals surface area contributed by atoms with Crippen LogP contribution in [0.3, 0.4) is 0 Å². The first-order valence-corrected chi connectivity index (χ1v) is 7.73. The van der Waals surface area contributed by atoms with Gasteiger partial charge in [0.1, 0.15) is 0 Å². The Labute approximate surface area is 129 Å². The molecule has 0 spiro atoms. The van der Waals surface area contributed by atoms with E-state index in [0.717, 1.165) is 31.4 Å². The number of carbonyl (C=O) groups excluding carboxylic acids is 1. The van der Waals surface area contributed by atoms with Crippen LogP contribution in [0, 0.1) is 5.92 Å². The second-order valence-electron chi connectivity index (χ2n) is 5.11. The number of anilines is 1. The molecule has 20 heavy (non-hydrogen) atoms. The highest BCUT2D eigenvalue weighted by Crippen LogP contribution is 2.29. The van der Waals surface area contributed by atoms with Gasteiger partial charge >= 0.3 is 5.97 Å². The summed E-state index contributed by atoms with van der Waals surface area (Å²) in [4.78, 5) is 11.8. The highest BCUT2D eigenvalue weighted by molar-refractivity contribution is 6.35. The molecule has 1 fully saturated rings. The monoisotopic (exact) mass is 315 g/mol. The Kier molecular flexibility index (Phi) is 5.55. The van der Waals surface area contributed by atoms with Crippen molar-refractivity contribution in [1.82, 2.24) is 0 Å². The SMILES string of the molecule is CCOC(=O)C1CCCC(Nc2cc(Cl)cc(Cl)c2)C1. The average Bonchev–Trinajstić information content (AvgIpc) is 2.38. The second kappa shape index (κ2) is 7.19. The van der Waals surface area contributed by atoms with E-state index in [1.54, 1.807) is 6.07 Å². The van der Waals surface area contributed by atoms with Crippen LogP contribution in [-0.4, -0.2) is 18.6 Å². The Morgan fingerprint density at radius 1 is 1.30 bits per heavy atom. The number of rotatable bonds is 4. The minimum atomic E-state index is -0.0804. The van der Waals surface area contributed by atoms with Crippen molar-refractivity contribution in [3.63, 3.8) is 0 Å². The van der Waals surface area contributed by atoms with Crippen molar-refractivity contribution in [3.8, 4) is 0 Å². The Bertz CT molecular complexity index is 459. The van der Waals surface area contributed by atoms with Crippen molar-refractivity contribution in [3.05, 3.63) is 28.2 Å². The van der Waals surface area contributed by atoms with Crippen LogP contribution in [0.2, 0.25) is 10.0 Å². The van der Waals surface area contributed by atoms with Crippen LogP contribution >= 0.6 is 23.2 Å². The van der Waals surface area contributed by atoms with Gasteiger partial charge in [-0.25, -0.2) is 0 Å². The number of hydrogen-bond donors (Lipinski definition) is 1. The maximum atomic E-state index is 11.8. The van der Waals surface area contributed by atoms with Gasteiger partial charge in [-0.05, 0) is 44.4 Å². The van der Waals surface area contributed by atoms with Crippen molar-refractivity contribution < 1.29 is 9.53 Å². The molecule has 0 aliphatic heterocycles. The fourth-order valence-corrected chi connectivity index (χ4v) is 3.19. The summed E-state index contributed by atoms with van der Waals surface area (Å²) in [5.41, 5.74) is 0.900. The maximum Gasteiger partial charge on any atom is 0.308 e. The Morgan fingerprint density at radius 3 is 2.65 bits per heavy atom. The first-order chi connectivity index (χ1) is 9.58. The summed E-state index contributed by atoms with van der Waals surface area (Å²) in [6.45, 7) is 2.28. The third kappa shape index (κ3) is 4.29. The van der Waals surface area contributed by atoms with Crippen LogP contribution in [-0.2, 0) is 9.53 Å². The van der Waals surface area contributed by atoms with Crippen LogP contribution in [0.1, 0.15) is 32.6 Å². The van der Waals surface area contributed by atoms with E-state index >= 15 is 0 Å². The average molecular weight is 316 g/mol. The van der Waals surface area contributed by atoms with Crippen LogP contribution in [0.4, 0.5) is 5.69 Å². The van der Waals surface area contributed by atoms with Crippen molar-refractivity contribution in [2.45, 2.75) is 38.6 Å². The highest BCUT2D eigenvalue weighted by atomic mass is 35.5. The molecular weight excluding hydrogens is 297 g/mol. The van der Waals surface area contributed by atoms with Crippen molar-refractivity contribution in [1.29, 1.82) is 0 Å². The van der Waals surface area contributed by atoms with Gasteiger partial charge in [0.05, 0.1) is 12.5 Å². The number of esters is 1. The number of benzene rings is 1. The molecule has 0 saturated heterocycles. The van der Waals surface area contributed by atoms with E-state index in [0.29, 0.717) is 16.7 Å². The maximum absolute atomic E-state index is 11.8. The molecular formula is C15H19Cl2NO2. The van der Waals surface area contributed by atoms with Crippen LogP contribution in [0.15, 0.2) is 18.2 Å². The predicted molar refractivity (Wildman–Crippen MR) is 82.5 cm³/mol. The van der Waals surface area contributed by atoms with Gasteiger partial charge in [-0.1, -0.05) is 29.6 Å². The summed E-state index contributed by atoms with van der Waals surface area (Å²) >= 11 is 12.0. The van der Waals surface area contributed by atoms with E-state index in [2.05, 4.69) is 5.32 Å². The summed E-state index contributed by atoms with van der Waals surface area (Å²) in [5.74, 6) is -0.0843. The van der Waals surface area contributed by atoms with Crippen molar-refractivity contribution in [2.75, 3.05) is 11.9 Å². The first kappa shape index (κ1) is 15.5. The van der Waals surface area contributed by atoms with Gasteiger partial charge in [-0.3, -0.25) is 4.79 Å². The summed E-state index contributed by atoms with van der Waals surface area (Å²) in [6, 6.07) is 5.66. The molecule has 0 amide bonds. The summed E-state index contributed by atoms with van der Waals surface area (Å²) in [6.07, 6.45) is 3.77. The summed E-state index contributed by atoms with van der Waals surface area (Å²) in [7, 11) is 0. The smallest absolute Gasteiger partial charge is 0.308 e. The Balaban J connectivity index is 1.97. The zero-order valence-corrected chi connectivity index (χ0v) is 13.0. The summed E-state index contributed by atoms with van der Waals surface area (Å²) < 4.78 is 5.11. The van der Waals surface area contributed by atoms with E-state index in [-0.39, 0.29) is 17.9 Å².